The molecule has 0 fully saturated rings. The summed E-state index contributed by atoms with van der Waals surface area (Å²) in [6, 6.07) is 22.2. The Hall–Kier alpha value is -3.14. The lowest BCUT2D eigenvalue weighted by molar-refractivity contribution is 0.0953. The smallest absolute Gasteiger partial charge is 0.251 e. The van der Waals surface area contributed by atoms with Crippen molar-refractivity contribution >= 4 is 11.7 Å². The van der Waals surface area contributed by atoms with E-state index in [9.17, 15) is 4.79 Å². The minimum absolute atomic E-state index is 0.0659. The standard InChI is InChI=1S/C23H25N3O/c1-18-9-11-20(12-10-18)17-26-22-16-21(13-15-24-22)23(27)25-14-5-8-19-6-3-2-4-7-19/h2-4,6-7,9-13,15-16H,5,8,14,17H2,1H3,(H,24,26)(H,25,27). The van der Waals surface area contributed by atoms with Crippen LogP contribution in [0.15, 0.2) is 72.9 Å². The van der Waals surface area contributed by atoms with Crippen LogP contribution in [0.4, 0.5) is 5.82 Å². The average molecular weight is 359 g/mol. The Kier molecular flexibility index (Phi) is 6.58. The lowest BCUT2D eigenvalue weighted by Crippen LogP contribution is -2.25. The number of carbonyl (C=O) groups is 1. The molecule has 0 aliphatic heterocycles. The number of benzene rings is 2. The minimum atomic E-state index is -0.0659. The van der Waals surface area contributed by atoms with Gasteiger partial charge in [-0.05, 0) is 43.0 Å². The summed E-state index contributed by atoms with van der Waals surface area (Å²) >= 11 is 0. The molecule has 0 radical (unpaired) electrons. The molecule has 138 valence electrons. The third-order valence-corrected chi connectivity index (χ3v) is 4.39. The number of nitrogens with one attached hydrogen (secondary N) is 2. The van der Waals surface area contributed by atoms with E-state index in [1.807, 2.05) is 18.2 Å². The summed E-state index contributed by atoms with van der Waals surface area (Å²) in [6.45, 7) is 3.40. The molecule has 1 heterocycles. The van der Waals surface area contributed by atoms with Gasteiger partial charge in [-0.25, -0.2) is 4.98 Å². The van der Waals surface area contributed by atoms with E-state index in [0.717, 1.165) is 12.8 Å². The maximum absolute atomic E-state index is 12.4. The Bertz CT molecular complexity index is 860. The molecule has 0 aliphatic rings. The highest BCUT2D eigenvalue weighted by molar-refractivity contribution is 5.94. The van der Waals surface area contributed by atoms with E-state index >= 15 is 0 Å². The third-order valence-electron chi connectivity index (χ3n) is 4.39. The largest absolute Gasteiger partial charge is 0.366 e. The molecule has 1 aromatic heterocycles. The molecular formula is C23H25N3O. The van der Waals surface area contributed by atoms with Gasteiger partial charge < -0.3 is 10.6 Å². The maximum atomic E-state index is 12.4. The summed E-state index contributed by atoms with van der Waals surface area (Å²) < 4.78 is 0. The van der Waals surface area contributed by atoms with Gasteiger partial charge in [0, 0.05) is 24.8 Å². The first-order chi connectivity index (χ1) is 13.2. The first kappa shape index (κ1) is 18.6. The highest BCUT2D eigenvalue weighted by Gasteiger charge is 2.06. The van der Waals surface area contributed by atoms with Crippen LogP contribution in [0.25, 0.3) is 0 Å². The number of rotatable bonds is 8. The number of pyridine rings is 1. The van der Waals surface area contributed by atoms with E-state index in [-0.39, 0.29) is 5.91 Å². The lowest BCUT2D eigenvalue weighted by atomic mass is 10.1. The van der Waals surface area contributed by atoms with E-state index in [4.69, 9.17) is 0 Å². The van der Waals surface area contributed by atoms with E-state index in [1.165, 1.54) is 16.7 Å². The van der Waals surface area contributed by atoms with Crippen molar-refractivity contribution in [1.29, 1.82) is 0 Å². The van der Waals surface area contributed by atoms with Crippen LogP contribution < -0.4 is 10.6 Å². The molecule has 0 bridgehead atoms. The molecule has 2 N–H and O–H groups in total. The van der Waals surface area contributed by atoms with Gasteiger partial charge in [0.15, 0.2) is 0 Å². The number of anilines is 1. The SMILES string of the molecule is Cc1ccc(CNc2cc(C(=O)NCCCc3ccccc3)ccn2)cc1. The van der Waals surface area contributed by atoms with Crippen molar-refractivity contribution < 1.29 is 4.79 Å². The van der Waals surface area contributed by atoms with Gasteiger partial charge in [-0.2, -0.15) is 0 Å². The number of amides is 1. The summed E-state index contributed by atoms with van der Waals surface area (Å²) in [5.41, 5.74) is 4.33. The monoisotopic (exact) mass is 359 g/mol. The van der Waals surface area contributed by atoms with Gasteiger partial charge in [0.05, 0.1) is 0 Å². The van der Waals surface area contributed by atoms with Crippen molar-refractivity contribution in [3.8, 4) is 0 Å². The molecule has 4 heteroatoms. The Morgan fingerprint density at radius 1 is 0.963 bits per heavy atom. The van der Waals surface area contributed by atoms with E-state index in [1.54, 1.807) is 18.3 Å². The van der Waals surface area contributed by atoms with Gasteiger partial charge in [-0.15, -0.1) is 0 Å². The van der Waals surface area contributed by atoms with Crippen LogP contribution >= 0.6 is 0 Å². The number of aryl methyl sites for hydroxylation is 2. The average Bonchev–Trinajstić information content (AvgIpc) is 2.71. The van der Waals surface area contributed by atoms with Crippen LogP contribution in [-0.2, 0) is 13.0 Å². The van der Waals surface area contributed by atoms with Crippen molar-refractivity contribution in [2.45, 2.75) is 26.3 Å². The Morgan fingerprint density at radius 3 is 2.52 bits per heavy atom. The summed E-state index contributed by atoms with van der Waals surface area (Å²) in [6.07, 6.45) is 3.54. The topological polar surface area (TPSA) is 54.0 Å². The predicted octanol–water partition coefficient (Wildman–Crippen LogP) is 4.36. The molecule has 0 saturated heterocycles. The van der Waals surface area contributed by atoms with Crippen LogP contribution in [0.1, 0.15) is 33.5 Å². The fourth-order valence-electron chi connectivity index (χ4n) is 2.81. The van der Waals surface area contributed by atoms with Crippen molar-refractivity contribution in [3.05, 3.63) is 95.2 Å². The van der Waals surface area contributed by atoms with Crippen molar-refractivity contribution in [2.24, 2.45) is 0 Å². The second-order valence-corrected chi connectivity index (χ2v) is 6.61. The zero-order chi connectivity index (χ0) is 18.9. The molecule has 0 spiro atoms. The first-order valence-corrected chi connectivity index (χ1v) is 9.28. The summed E-state index contributed by atoms with van der Waals surface area (Å²) in [7, 11) is 0. The van der Waals surface area contributed by atoms with E-state index in [0.29, 0.717) is 24.5 Å². The first-order valence-electron chi connectivity index (χ1n) is 9.28. The molecule has 27 heavy (non-hydrogen) atoms. The van der Waals surface area contributed by atoms with Crippen LogP contribution in [-0.4, -0.2) is 17.4 Å². The number of hydrogen-bond donors (Lipinski definition) is 2. The summed E-state index contributed by atoms with van der Waals surface area (Å²) in [5.74, 6) is 0.636. The maximum Gasteiger partial charge on any atom is 0.251 e. The quantitative estimate of drug-likeness (QED) is 0.588. The zero-order valence-corrected chi connectivity index (χ0v) is 15.6. The summed E-state index contributed by atoms with van der Waals surface area (Å²) in [4.78, 5) is 16.7. The lowest BCUT2D eigenvalue weighted by Gasteiger charge is -2.09. The highest BCUT2D eigenvalue weighted by atomic mass is 16.1. The molecule has 3 aromatic rings. The van der Waals surface area contributed by atoms with Gasteiger partial charge in [-0.3, -0.25) is 4.79 Å². The van der Waals surface area contributed by atoms with Crippen LogP contribution in [0, 0.1) is 6.92 Å². The number of hydrogen-bond acceptors (Lipinski definition) is 3. The molecule has 0 aliphatic carbocycles. The van der Waals surface area contributed by atoms with Crippen LogP contribution in [0.2, 0.25) is 0 Å². The minimum Gasteiger partial charge on any atom is -0.366 e. The fourth-order valence-corrected chi connectivity index (χ4v) is 2.81. The van der Waals surface area contributed by atoms with Crippen LogP contribution in [0.3, 0.4) is 0 Å². The van der Waals surface area contributed by atoms with Crippen molar-refractivity contribution in [3.63, 3.8) is 0 Å². The molecule has 2 aromatic carbocycles. The zero-order valence-electron chi connectivity index (χ0n) is 15.6. The highest BCUT2D eigenvalue weighted by Crippen LogP contribution is 2.10. The van der Waals surface area contributed by atoms with Crippen LogP contribution in [0.5, 0.6) is 0 Å². The van der Waals surface area contributed by atoms with E-state index in [2.05, 4.69) is 58.9 Å². The molecule has 0 saturated carbocycles. The third kappa shape index (κ3) is 5.96. The number of aromatic nitrogens is 1. The Labute approximate surface area is 160 Å². The van der Waals surface area contributed by atoms with Gasteiger partial charge in [0.1, 0.15) is 5.82 Å². The van der Waals surface area contributed by atoms with Gasteiger partial charge in [0.25, 0.3) is 5.91 Å². The molecule has 4 nitrogen and oxygen atoms in total. The fraction of sp³-hybridized carbons (Fsp3) is 0.217. The van der Waals surface area contributed by atoms with Gasteiger partial charge in [0.2, 0.25) is 0 Å². The Morgan fingerprint density at radius 2 is 1.74 bits per heavy atom. The van der Waals surface area contributed by atoms with Gasteiger partial charge in [-0.1, -0.05) is 60.2 Å². The predicted molar refractivity (Wildman–Crippen MR) is 110 cm³/mol. The number of nitrogens with zero attached hydrogens (tertiary/aromatic N) is 1. The van der Waals surface area contributed by atoms with Crippen molar-refractivity contribution in [1.82, 2.24) is 10.3 Å². The molecule has 0 unspecified atom stereocenters. The molecule has 1 amide bonds. The number of carbonyl (C=O) groups excluding carboxylic acids is 1. The van der Waals surface area contributed by atoms with Gasteiger partial charge >= 0.3 is 0 Å². The normalized spacial score (nSPS) is 10.4. The van der Waals surface area contributed by atoms with Crippen molar-refractivity contribution in [2.75, 3.05) is 11.9 Å². The summed E-state index contributed by atoms with van der Waals surface area (Å²) in [5, 5.41) is 6.26. The van der Waals surface area contributed by atoms with E-state index < -0.39 is 0 Å². The second-order valence-electron chi connectivity index (χ2n) is 6.61. The Balaban J connectivity index is 1.47. The molecule has 3 rings (SSSR count). The molecular weight excluding hydrogens is 334 g/mol. The second kappa shape index (κ2) is 9.53. The molecule has 0 atom stereocenters.